The van der Waals surface area contributed by atoms with E-state index in [9.17, 15) is 9.59 Å². The molecule has 2 heterocycles. The normalized spacial score (nSPS) is 17.6. The number of carbonyl (C=O) groups excluding carboxylic acids is 2. The summed E-state index contributed by atoms with van der Waals surface area (Å²) in [5.41, 5.74) is 3.09. The molecule has 0 saturated carbocycles. The molecular formula is C30H38N4O3. The van der Waals surface area contributed by atoms with Crippen LogP contribution < -0.4 is 4.74 Å². The molecule has 0 N–H and O–H groups in total. The van der Waals surface area contributed by atoms with Crippen LogP contribution in [0.15, 0.2) is 60.7 Å². The number of fused-ring (bicyclic) bond motifs is 1. The van der Waals surface area contributed by atoms with Crippen molar-refractivity contribution in [2.24, 2.45) is 7.05 Å². The zero-order chi connectivity index (χ0) is 26.2. The Bertz CT molecular complexity index is 1170. The van der Waals surface area contributed by atoms with Gasteiger partial charge in [-0.2, -0.15) is 5.10 Å². The molecule has 0 spiro atoms. The van der Waals surface area contributed by atoms with E-state index in [-0.39, 0.29) is 24.5 Å². The van der Waals surface area contributed by atoms with E-state index in [1.165, 1.54) is 0 Å². The summed E-state index contributed by atoms with van der Waals surface area (Å²) in [6.45, 7) is 6.26. The molecule has 0 saturated heterocycles. The molecule has 196 valence electrons. The number of benzene rings is 2. The third-order valence-corrected chi connectivity index (χ3v) is 7.14. The first-order chi connectivity index (χ1) is 18.0. The number of aromatic nitrogens is 2. The maximum Gasteiger partial charge on any atom is 0.274 e. The first kappa shape index (κ1) is 26.5. The van der Waals surface area contributed by atoms with E-state index in [1.54, 1.807) is 4.68 Å². The predicted molar refractivity (Wildman–Crippen MR) is 145 cm³/mol. The summed E-state index contributed by atoms with van der Waals surface area (Å²) in [5.74, 6) is 0.468. The van der Waals surface area contributed by atoms with Crippen molar-refractivity contribution in [3.63, 3.8) is 0 Å². The van der Waals surface area contributed by atoms with Crippen molar-refractivity contribution in [3.05, 3.63) is 83.2 Å². The summed E-state index contributed by atoms with van der Waals surface area (Å²) in [4.78, 5) is 31.0. The number of rotatable bonds is 4. The van der Waals surface area contributed by atoms with Gasteiger partial charge in [0, 0.05) is 32.4 Å². The minimum absolute atomic E-state index is 0.00772. The van der Waals surface area contributed by atoms with Gasteiger partial charge in [-0.25, -0.2) is 0 Å². The summed E-state index contributed by atoms with van der Waals surface area (Å²) in [6.07, 6.45) is 4.47. The second-order valence-corrected chi connectivity index (χ2v) is 9.74. The zero-order valence-electron chi connectivity index (χ0n) is 22.2. The van der Waals surface area contributed by atoms with Crippen molar-refractivity contribution >= 4 is 11.8 Å². The topological polar surface area (TPSA) is 67.7 Å². The minimum atomic E-state index is -0.217. The molecule has 0 unspecified atom stereocenters. The van der Waals surface area contributed by atoms with Crippen LogP contribution in [-0.2, 0) is 13.5 Å². The Balaban J connectivity index is 1.69. The van der Waals surface area contributed by atoms with Gasteiger partial charge in [-0.15, -0.1) is 0 Å². The highest BCUT2D eigenvalue weighted by Crippen LogP contribution is 2.23. The Labute approximate surface area is 220 Å². The largest absolute Gasteiger partial charge is 0.491 e. The van der Waals surface area contributed by atoms with Gasteiger partial charge < -0.3 is 14.5 Å². The maximum absolute atomic E-state index is 13.8. The van der Waals surface area contributed by atoms with Gasteiger partial charge in [0.2, 0.25) is 0 Å². The van der Waals surface area contributed by atoms with Crippen molar-refractivity contribution in [2.45, 2.75) is 52.0 Å². The van der Waals surface area contributed by atoms with Gasteiger partial charge in [0.15, 0.2) is 5.69 Å². The van der Waals surface area contributed by atoms with E-state index in [4.69, 9.17) is 4.74 Å². The molecule has 0 fully saturated rings. The molecule has 1 aliphatic rings. The van der Waals surface area contributed by atoms with Crippen molar-refractivity contribution in [1.29, 1.82) is 0 Å². The average molecular weight is 503 g/mol. The van der Waals surface area contributed by atoms with Gasteiger partial charge in [0.05, 0.1) is 11.6 Å². The monoisotopic (exact) mass is 502 g/mol. The molecule has 1 aromatic heterocycles. The van der Waals surface area contributed by atoms with Crippen LogP contribution in [0.1, 0.15) is 64.7 Å². The fraction of sp³-hybridized carbons (Fsp3) is 0.433. The van der Waals surface area contributed by atoms with E-state index < -0.39 is 0 Å². The van der Waals surface area contributed by atoms with Crippen LogP contribution in [0, 0.1) is 6.92 Å². The third kappa shape index (κ3) is 6.59. The second-order valence-electron chi connectivity index (χ2n) is 9.74. The second kappa shape index (κ2) is 12.6. The van der Waals surface area contributed by atoms with Crippen LogP contribution in [0.5, 0.6) is 5.75 Å². The average Bonchev–Trinajstić information content (AvgIpc) is 3.26. The van der Waals surface area contributed by atoms with Crippen molar-refractivity contribution in [1.82, 2.24) is 19.6 Å². The van der Waals surface area contributed by atoms with Gasteiger partial charge in [-0.1, -0.05) is 55.3 Å². The Morgan fingerprint density at radius 2 is 1.70 bits per heavy atom. The number of hydrogen-bond acceptors (Lipinski definition) is 4. The summed E-state index contributed by atoms with van der Waals surface area (Å²) in [5, 5.41) is 4.48. The SMILES string of the molecule is CCN1CCCCCCN(C(=O)c2cc(C)n(C)n2)[C@@H](Cc2ccccc2)COc2ccccc2C1=O. The summed E-state index contributed by atoms with van der Waals surface area (Å²) >= 11 is 0. The standard InChI is InChI=1S/C30H38N4O3/c1-4-33-18-12-5-6-13-19-34(30(36)27-20-23(2)32(3)31-27)25(21-24-14-8-7-9-15-24)22-37-28-17-11-10-16-26(28)29(33)35/h7-11,14-17,20,25H,4-6,12-13,18-19,21-22H2,1-3H3/t25-/m0/s1. The number of carbonyl (C=O) groups is 2. The number of hydrogen-bond donors (Lipinski definition) is 0. The van der Waals surface area contributed by atoms with Crippen LogP contribution in [0.25, 0.3) is 0 Å². The first-order valence-corrected chi connectivity index (χ1v) is 13.3. The molecule has 2 amide bonds. The highest BCUT2D eigenvalue weighted by Gasteiger charge is 2.28. The van der Waals surface area contributed by atoms with Crippen LogP contribution in [0.3, 0.4) is 0 Å². The van der Waals surface area contributed by atoms with Crippen LogP contribution in [0.2, 0.25) is 0 Å². The Morgan fingerprint density at radius 3 is 2.41 bits per heavy atom. The Morgan fingerprint density at radius 1 is 1.00 bits per heavy atom. The fourth-order valence-electron chi connectivity index (χ4n) is 4.87. The van der Waals surface area contributed by atoms with Crippen LogP contribution in [-0.4, -0.2) is 63.7 Å². The molecule has 3 aromatic rings. The number of nitrogens with zero attached hydrogens (tertiary/aromatic N) is 4. The smallest absolute Gasteiger partial charge is 0.274 e. The van der Waals surface area contributed by atoms with Gasteiger partial charge in [0.1, 0.15) is 12.4 Å². The van der Waals surface area contributed by atoms with E-state index in [1.807, 2.05) is 79.2 Å². The van der Waals surface area contributed by atoms with E-state index in [0.717, 1.165) is 43.5 Å². The van der Waals surface area contributed by atoms with Gasteiger partial charge in [-0.05, 0) is 56.9 Å². The summed E-state index contributed by atoms with van der Waals surface area (Å²) < 4.78 is 8.10. The number of para-hydroxylation sites is 1. The quantitative estimate of drug-likeness (QED) is 0.509. The van der Waals surface area contributed by atoms with Crippen molar-refractivity contribution in [3.8, 4) is 5.75 Å². The molecule has 0 radical (unpaired) electrons. The van der Waals surface area contributed by atoms with E-state index >= 15 is 0 Å². The zero-order valence-corrected chi connectivity index (χ0v) is 22.2. The summed E-state index contributed by atoms with van der Waals surface area (Å²) in [6, 6.07) is 19.3. The fourth-order valence-corrected chi connectivity index (χ4v) is 4.87. The van der Waals surface area contributed by atoms with Crippen molar-refractivity contribution < 1.29 is 14.3 Å². The lowest BCUT2D eigenvalue weighted by Crippen LogP contribution is -2.46. The highest BCUT2D eigenvalue weighted by molar-refractivity contribution is 5.97. The molecule has 7 nitrogen and oxygen atoms in total. The molecule has 4 rings (SSSR count). The lowest BCUT2D eigenvalue weighted by atomic mass is 10.0. The van der Waals surface area contributed by atoms with E-state index in [0.29, 0.717) is 36.5 Å². The molecule has 2 aromatic carbocycles. The molecule has 0 aliphatic carbocycles. The van der Waals surface area contributed by atoms with Crippen molar-refractivity contribution in [2.75, 3.05) is 26.2 Å². The first-order valence-electron chi connectivity index (χ1n) is 13.3. The minimum Gasteiger partial charge on any atom is -0.491 e. The number of ether oxygens (including phenoxy) is 1. The summed E-state index contributed by atoms with van der Waals surface area (Å²) in [7, 11) is 1.85. The molecule has 7 heteroatoms. The number of amides is 2. The maximum atomic E-state index is 13.8. The third-order valence-electron chi connectivity index (χ3n) is 7.14. The molecular weight excluding hydrogens is 464 g/mol. The van der Waals surface area contributed by atoms with Gasteiger partial charge in [-0.3, -0.25) is 14.3 Å². The number of aryl methyl sites for hydroxylation is 2. The van der Waals surface area contributed by atoms with E-state index in [2.05, 4.69) is 17.2 Å². The lowest BCUT2D eigenvalue weighted by molar-refractivity contribution is 0.0591. The molecule has 0 bridgehead atoms. The Kier molecular flexibility index (Phi) is 8.99. The van der Waals surface area contributed by atoms with Crippen LogP contribution >= 0.6 is 0 Å². The molecule has 1 atom stereocenters. The Hall–Kier alpha value is -3.61. The predicted octanol–water partition coefficient (Wildman–Crippen LogP) is 4.90. The van der Waals surface area contributed by atoms with Gasteiger partial charge in [0.25, 0.3) is 11.8 Å². The van der Waals surface area contributed by atoms with Crippen LogP contribution in [0.4, 0.5) is 0 Å². The highest BCUT2D eigenvalue weighted by atomic mass is 16.5. The van der Waals surface area contributed by atoms with Gasteiger partial charge >= 0.3 is 0 Å². The molecule has 1 aliphatic heterocycles. The lowest BCUT2D eigenvalue weighted by Gasteiger charge is -2.32. The molecule has 37 heavy (non-hydrogen) atoms.